The van der Waals surface area contributed by atoms with Gasteiger partial charge in [0, 0.05) is 11.9 Å². The molecular weight excluding hydrogens is 386 g/mol. The van der Waals surface area contributed by atoms with Gasteiger partial charge >= 0.3 is 33.8 Å². The average Bonchev–Trinajstić information content (AvgIpc) is 1.25. The molecule has 76 valence electrons. The first-order chi connectivity index (χ1) is 3.46. The van der Waals surface area contributed by atoms with Crippen molar-refractivity contribution in [2.24, 2.45) is 0 Å². The van der Waals surface area contributed by atoms with Crippen LogP contribution in [0.4, 0.5) is 0 Å². The number of hydrogen-bond acceptors (Lipinski definition) is 4. The van der Waals surface area contributed by atoms with Crippen molar-refractivity contribution in [1.82, 2.24) is 0 Å². The van der Waals surface area contributed by atoms with Gasteiger partial charge in [0.1, 0.15) is 0 Å². The van der Waals surface area contributed by atoms with Gasteiger partial charge in [0.25, 0.3) is 0 Å². The second-order valence-corrected chi connectivity index (χ2v) is 0.983. The van der Waals surface area contributed by atoms with Crippen LogP contribution in [0.5, 0.6) is 0 Å². The van der Waals surface area contributed by atoms with E-state index in [9.17, 15) is 0 Å². The van der Waals surface area contributed by atoms with Crippen LogP contribution in [-0.4, -0.2) is 11.9 Å². The number of carboxylic acid groups (broad SMARTS) is 2. The Kier molecular flexibility index (Phi) is 94.8. The number of halogens is 2. The quantitative estimate of drug-likeness (QED) is 0.384. The smallest absolute Gasteiger partial charge is 1.00 e. The molecule has 0 heterocycles. The Morgan fingerprint density at radius 2 is 0.917 bits per heavy atom. The third kappa shape index (κ3) is 1260. The van der Waals surface area contributed by atoms with Gasteiger partial charge in [-0.15, -0.1) is 0 Å². The van der Waals surface area contributed by atoms with Crippen LogP contribution < -0.4 is 44.2 Å². The fourth-order valence-corrected chi connectivity index (χ4v) is 0. The average molecular weight is 392 g/mol. The van der Waals surface area contributed by atoms with Gasteiger partial charge in [0.2, 0.25) is 0 Å². The van der Waals surface area contributed by atoms with Gasteiger partial charge in [-0.3, -0.25) is 0 Å². The van der Waals surface area contributed by atoms with Crippen molar-refractivity contribution < 1.29 is 87.6 Å². The van der Waals surface area contributed by atoms with E-state index in [2.05, 4.69) is 0 Å². The molecule has 0 saturated heterocycles. The maximum atomic E-state index is 8.89. The standard InChI is InChI=1S/2C2H4O2.2BrH.Co.Mn/c2*1-2(3)4;;;;/h2*1H3,(H,3,4);2*1H;;/q;;;;2*+2/p-4. The molecule has 0 saturated carbocycles. The molecule has 0 aliphatic heterocycles. The minimum Gasteiger partial charge on any atom is -1.00 e. The second kappa shape index (κ2) is 29.7. The molecule has 0 amide bonds. The van der Waals surface area contributed by atoms with E-state index in [0.29, 0.717) is 0 Å². The predicted octanol–water partition coefficient (Wildman–Crippen LogP) is -8.48. The summed E-state index contributed by atoms with van der Waals surface area (Å²) in [6, 6.07) is 0. The van der Waals surface area contributed by atoms with Gasteiger partial charge in [0.05, 0.1) is 0 Å². The Labute approximate surface area is 113 Å². The molecule has 2 radical (unpaired) electrons. The zero-order chi connectivity index (χ0) is 7.15. The molecule has 0 aliphatic carbocycles. The van der Waals surface area contributed by atoms with Gasteiger partial charge in [-0.1, -0.05) is 0 Å². The molecule has 0 rings (SSSR count). The Hall–Kier alpha value is 0.926. The van der Waals surface area contributed by atoms with E-state index in [-0.39, 0.29) is 67.8 Å². The largest absolute Gasteiger partial charge is 2.00 e. The summed E-state index contributed by atoms with van der Waals surface area (Å²) in [7, 11) is 0. The summed E-state index contributed by atoms with van der Waals surface area (Å²) >= 11 is 0. The Morgan fingerprint density at radius 3 is 0.917 bits per heavy atom. The Morgan fingerprint density at radius 1 is 0.917 bits per heavy atom. The van der Waals surface area contributed by atoms with E-state index >= 15 is 0 Å². The fraction of sp³-hybridized carbons (Fsp3) is 0.500. The zero-order valence-corrected chi connectivity index (χ0v) is 11.5. The topological polar surface area (TPSA) is 80.3 Å². The molecule has 0 aromatic heterocycles. The normalized spacial score (nSPS) is 4.17. The molecule has 8 heteroatoms. The summed E-state index contributed by atoms with van der Waals surface area (Å²) in [5, 5.41) is 17.8. The summed E-state index contributed by atoms with van der Waals surface area (Å²) in [5.74, 6) is -2.17. The number of carboxylic acids is 2. The molecule has 12 heavy (non-hydrogen) atoms. The van der Waals surface area contributed by atoms with Crippen LogP contribution in [0.15, 0.2) is 0 Å². The molecular formula is C4H6Br2CoMnO4. The minimum absolute atomic E-state index is 0. The first kappa shape index (κ1) is 38.3. The van der Waals surface area contributed by atoms with Gasteiger partial charge < -0.3 is 53.8 Å². The van der Waals surface area contributed by atoms with Crippen molar-refractivity contribution in [2.45, 2.75) is 13.8 Å². The minimum atomic E-state index is -1.08. The first-order valence-corrected chi connectivity index (χ1v) is 1.82. The molecule has 0 bridgehead atoms. The van der Waals surface area contributed by atoms with E-state index in [1.807, 2.05) is 0 Å². The van der Waals surface area contributed by atoms with Gasteiger partial charge in [0.15, 0.2) is 0 Å². The molecule has 0 unspecified atom stereocenters. The van der Waals surface area contributed by atoms with Crippen LogP contribution in [0.1, 0.15) is 13.8 Å². The number of rotatable bonds is 0. The molecule has 0 aliphatic rings. The summed E-state index contributed by atoms with van der Waals surface area (Å²) in [6.45, 7) is 1.94. The summed E-state index contributed by atoms with van der Waals surface area (Å²) in [6.07, 6.45) is 0. The van der Waals surface area contributed by atoms with E-state index in [0.717, 1.165) is 13.8 Å². The monoisotopic (exact) mass is 390 g/mol. The van der Waals surface area contributed by atoms with Crippen molar-refractivity contribution in [1.29, 1.82) is 0 Å². The van der Waals surface area contributed by atoms with Crippen LogP contribution in [0.2, 0.25) is 0 Å². The van der Waals surface area contributed by atoms with Gasteiger partial charge in [-0.2, -0.15) is 0 Å². The first-order valence-electron chi connectivity index (χ1n) is 1.82. The van der Waals surface area contributed by atoms with Crippen LogP contribution in [0, 0.1) is 0 Å². The van der Waals surface area contributed by atoms with Crippen molar-refractivity contribution in [2.75, 3.05) is 0 Å². The van der Waals surface area contributed by atoms with Crippen LogP contribution in [0.3, 0.4) is 0 Å². The SMILES string of the molecule is CC(=O)[O-].CC(=O)[O-].[Br-].[Br-].[Co+2].[Mn+2]. The summed E-state index contributed by atoms with van der Waals surface area (Å²) in [4.78, 5) is 17.8. The number of carbonyl (C=O) groups is 2. The summed E-state index contributed by atoms with van der Waals surface area (Å²) < 4.78 is 0. The Balaban J connectivity index is -0.0000000112. The number of hydrogen-bond donors (Lipinski definition) is 0. The predicted molar refractivity (Wildman–Crippen MR) is 21.4 cm³/mol. The number of carbonyl (C=O) groups excluding carboxylic acids is 2. The van der Waals surface area contributed by atoms with Crippen molar-refractivity contribution in [3.05, 3.63) is 0 Å². The molecule has 0 N–H and O–H groups in total. The molecule has 0 aromatic carbocycles. The van der Waals surface area contributed by atoms with E-state index in [4.69, 9.17) is 19.8 Å². The maximum absolute atomic E-state index is 8.89. The molecule has 4 nitrogen and oxygen atoms in total. The second-order valence-electron chi connectivity index (χ2n) is 0.983. The molecule has 0 atom stereocenters. The van der Waals surface area contributed by atoms with Crippen molar-refractivity contribution in [3.63, 3.8) is 0 Å². The van der Waals surface area contributed by atoms with E-state index in [1.165, 1.54) is 0 Å². The van der Waals surface area contributed by atoms with Gasteiger partial charge in [-0.25, -0.2) is 0 Å². The third-order valence-corrected chi connectivity index (χ3v) is 0. The molecule has 0 spiro atoms. The molecule has 0 fully saturated rings. The van der Waals surface area contributed by atoms with Crippen LogP contribution in [-0.2, 0) is 43.4 Å². The Bertz CT molecular complexity index is 83.1. The fourth-order valence-electron chi connectivity index (χ4n) is 0. The van der Waals surface area contributed by atoms with Gasteiger partial charge in [-0.05, 0) is 13.8 Å². The summed E-state index contributed by atoms with van der Waals surface area (Å²) in [5.41, 5.74) is 0. The van der Waals surface area contributed by atoms with Crippen LogP contribution in [0.25, 0.3) is 0 Å². The molecule has 0 aromatic rings. The third-order valence-electron chi connectivity index (χ3n) is 0. The number of aliphatic carboxylic acids is 2. The van der Waals surface area contributed by atoms with Crippen LogP contribution >= 0.6 is 0 Å². The van der Waals surface area contributed by atoms with Crippen molar-refractivity contribution >= 4 is 11.9 Å². The zero-order valence-electron chi connectivity index (χ0n) is 6.10. The van der Waals surface area contributed by atoms with E-state index < -0.39 is 11.9 Å². The van der Waals surface area contributed by atoms with Crippen molar-refractivity contribution in [3.8, 4) is 0 Å². The maximum Gasteiger partial charge on any atom is 2.00 e. The van der Waals surface area contributed by atoms with E-state index in [1.54, 1.807) is 0 Å².